The molecule has 2 N–H and O–H groups in total. The quantitative estimate of drug-likeness (QED) is 0.927. The van der Waals surface area contributed by atoms with Gasteiger partial charge in [-0.25, -0.2) is 0 Å². The average Bonchev–Trinajstić information content (AvgIpc) is 2.70. The molecule has 0 bridgehead atoms. The van der Waals surface area contributed by atoms with Gasteiger partial charge >= 0.3 is 0 Å². The van der Waals surface area contributed by atoms with Crippen molar-refractivity contribution < 1.29 is 4.74 Å². The normalized spacial score (nSPS) is 26.9. The molecule has 3 nitrogen and oxygen atoms in total. The van der Waals surface area contributed by atoms with Crippen molar-refractivity contribution in [2.75, 3.05) is 6.61 Å². The Balaban J connectivity index is 2.01. The number of halogens is 1. The first kappa shape index (κ1) is 12.0. The van der Waals surface area contributed by atoms with Crippen molar-refractivity contribution >= 4 is 15.9 Å². The van der Waals surface area contributed by atoms with E-state index in [1.54, 1.807) is 6.20 Å². The molecule has 88 valence electrons. The Morgan fingerprint density at radius 2 is 2.44 bits per heavy atom. The molecule has 16 heavy (non-hydrogen) atoms. The van der Waals surface area contributed by atoms with Crippen LogP contribution in [0.1, 0.15) is 25.5 Å². The van der Waals surface area contributed by atoms with Gasteiger partial charge in [0, 0.05) is 35.4 Å². The number of nitrogens with two attached hydrogens (primary N) is 1. The maximum absolute atomic E-state index is 6.21. The summed E-state index contributed by atoms with van der Waals surface area (Å²) in [5.41, 5.74) is 7.06. The second-order valence-electron chi connectivity index (χ2n) is 4.54. The zero-order valence-corrected chi connectivity index (χ0v) is 11.0. The molecule has 0 amide bonds. The molecule has 1 aliphatic heterocycles. The van der Waals surface area contributed by atoms with Gasteiger partial charge in [0.1, 0.15) is 0 Å². The molecule has 1 aromatic rings. The van der Waals surface area contributed by atoms with Gasteiger partial charge in [-0.05, 0) is 47.8 Å². The van der Waals surface area contributed by atoms with E-state index in [-0.39, 0.29) is 11.6 Å². The monoisotopic (exact) mass is 284 g/mol. The Bertz CT molecular complexity index is 347. The molecular formula is C12H17BrN2O. The summed E-state index contributed by atoms with van der Waals surface area (Å²) < 4.78 is 6.73. The lowest BCUT2D eigenvalue weighted by molar-refractivity contribution is -0.00112. The molecule has 2 atom stereocenters. The Morgan fingerprint density at radius 3 is 3.00 bits per heavy atom. The van der Waals surface area contributed by atoms with Crippen LogP contribution in [0.25, 0.3) is 0 Å². The van der Waals surface area contributed by atoms with Gasteiger partial charge in [0.15, 0.2) is 0 Å². The van der Waals surface area contributed by atoms with Crippen LogP contribution in [-0.2, 0) is 11.2 Å². The average molecular weight is 285 g/mol. The van der Waals surface area contributed by atoms with E-state index in [0.29, 0.717) is 0 Å². The first-order valence-electron chi connectivity index (χ1n) is 5.60. The van der Waals surface area contributed by atoms with E-state index < -0.39 is 0 Å². The number of hydrogen-bond donors (Lipinski definition) is 1. The topological polar surface area (TPSA) is 48.1 Å². The molecule has 2 unspecified atom stereocenters. The van der Waals surface area contributed by atoms with Gasteiger partial charge in [0.05, 0.1) is 5.60 Å². The number of aromatic nitrogens is 1. The number of ether oxygens (including phenoxy) is 1. The fourth-order valence-corrected chi connectivity index (χ4v) is 2.30. The number of pyridine rings is 1. The van der Waals surface area contributed by atoms with E-state index >= 15 is 0 Å². The maximum Gasteiger partial charge on any atom is 0.0809 e. The van der Waals surface area contributed by atoms with Gasteiger partial charge in [-0.1, -0.05) is 0 Å². The first-order chi connectivity index (χ1) is 7.60. The molecule has 1 aromatic heterocycles. The second-order valence-corrected chi connectivity index (χ2v) is 5.46. The van der Waals surface area contributed by atoms with Crippen molar-refractivity contribution in [3.05, 3.63) is 28.5 Å². The third-order valence-electron chi connectivity index (χ3n) is 3.25. The largest absolute Gasteiger partial charge is 0.374 e. The summed E-state index contributed by atoms with van der Waals surface area (Å²) in [6.45, 7) is 2.93. The van der Waals surface area contributed by atoms with Crippen LogP contribution >= 0.6 is 15.9 Å². The molecule has 0 radical (unpaired) electrons. The smallest absolute Gasteiger partial charge is 0.0809 e. The number of hydrogen-bond acceptors (Lipinski definition) is 3. The molecule has 1 saturated heterocycles. The van der Waals surface area contributed by atoms with Crippen molar-refractivity contribution in [2.45, 2.75) is 37.8 Å². The molecule has 0 spiro atoms. The van der Waals surface area contributed by atoms with Crippen LogP contribution in [0.2, 0.25) is 0 Å². The minimum Gasteiger partial charge on any atom is -0.374 e. The van der Waals surface area contributed by atoms with Crippen LogP contribution in [0.15, 0.2) is 22.8 Å². The SMILES string of the molecule is CC1(C(N)Cc2ccc(Br)cn2)CCCO1. The second kappa shape index (κ2) is 4.82. The molecular weight excluding hydrogens is 268 g/mol. The maximum atomic E-state index is 6.21. The highest BCUT2D eigenvalue weighted by molar-refractivity contribution is 9.10. The molecule has 0 aliphatic carbocycles. The lowest BCUT2D eigenvalue weighted by Gasteiger charge is -2.30. The number of rotatable bonds is 3. The summed E-state index contributed by atoms with van der Waals surface area (Å²) in [5.74, 6) is 0. The minimum atomic E-state index is -0.172. The molecule has 1 fully saturated rings. The van der Waals surface area contributed by atoms with Gasteiger partial charge < -0.3 is 10.5 Å². The van der Waals surface area contributed by atoms with Crippen molar-refractivity contribution in [3.8, 4) is 0 Å². The van der Waals surface area contributed by atoms with E-state index in [4.69, 9.17) is 10.5 Å². The minimum absolute atomic E-state index is 0.0173. The summed E-state index contributed by atoms with van der Waals surface area (Å²) in [4.78, 5) is 4.34. The molecule has 1 aliphatic rings. The summed E-state index contributed by atoms with van der Waals surface area (Å²) >= 11 is 3.37. The summed E-state index contributed by atoms with van der Waals surface area (Å²) in [6.07, 6.45) is 4.73. The molecule has 0 saturated carbocycles. The van der Waals surface area contributed by atoms with Crippen LogP contribution < -0.4 is 5.73 Å². The van der Waals surface area contributed by atoms with Gasteiger partial charge in [-0.15, -0.1) is 0 Å². The van der Waals surface area contributed by atoms with E-state index in [0.717, 1.165) is 36.0 Å². The van der Waals surface area contributed by atoms with Crippen LogP contribution in [-0.4, -0.2) is 23.2 Å². The standard InChI is InChI=1S/C12H17BrN2O/c1-12(5-2-6-16-12)11(14)7-10-4-3-9(13)8-15-10/h3-4,8,11H,2,5-7,14H2,1H3. The van der Waals surface area contributed by atoms with Crippen LogP contribution in [0.4, 0.5) is 0 Å². The molecule has 2 rings (SSSR count). The Labute approximate surface area is 105 Å². The van der Waals surface area contributed by atoms with E-state index in [1.165, 1.54) is 0 Å². The number of nitrogens with zero attached hydrogens (tertiary/aromatic N) is 1. The van der Waals surface area contributed by atoms with Gasteiger partial charge in [-0.2, -0.15) is 0 Å². The lowest BCUT2D eigenvalue weighted by atomic mass is 9.90. The van der Waals surface area contributed by atoms with Crippen LogP contribution in [0.5, 0.6) is 0 Å². The van der Waals surface area contributed by atoms with E-state index in [2.05, 4.69) is 27.8 Å². The van der Waals surface area contributed by atoms with Gasteiger partial charge in [-0.3, -0.25) is 4.98 Å². The van der Waals surface area contributed by atoms with Crippen molar-refractivity contribution in [1.82, 2.24) is 4.98 Å². The van der Waals surface area contributed by atoms with Crippen molar-refractivity contribution in [1.29, 1.82) is 0 Å². The molecule has 0 aromatic carbocycles. The Kier molecular flexibility index (Phi) is 3.62. The third kappa shape index (κ3) is 2.62. The van der Waals surface area contributed by atoms with Crippen LogP contribution in [0, 0.1) is 0 Å². The van der Waals surface area contributed by atoms with E-state index in [1.807, 2.05) is 12.1 Å². The van der Waals surface area contributed by atoms with Crippen molar-refractivity contribution in [3.63, 3.8) is 0 Å². The summed E-state index contributed by atoms with van der Waals surface area (Å²) in [6, 6.07) is 4.01. The first-order valence-corrected chi connectivity index (χ1v) is 6.39. The highest BCUT2D eigenvalue weighted by Crippen LogP contribution is 2.28. The van der Waals surface area contributed by atoms with Gasteiger partial charge in [0.2, 0.25) is 0 Å². The zero-order chi connectivity index (χ0) is 11.6. The third-order valence-corrected chi connectivity index (χ3v) is 3.72. The van der Waals surface area contributed by atoms with Crippen molar-refractivity contribution in [2.24, 2.45) is 5.73 Å². The fourth-order valence-electron chi connectivity index (χ4n) is 2.06. The molecule has 4 heteroatoms. The highest BCUT2D eigenvalue weighted by atomic mass is 79.9. The predicted molar refractivity (Wildman–Crippen MR) is 67.2 cm³/mol. The lowest BCUT2D eigenvalue weighted by Crippen LogP contribution is -2.46. The Morgan fingerprint density at radius 1 is 1.62 bits per heavy atom. The van der Waals surface area contributed by atoms with Crippen LogP contribution in [0.3, 0.4) is 0 Å². The zero-order valence-electron chi connectivity index (χ0n) is 9.45. The van der Waals surface area contributed by atoms with Gasteiger partial charge in [0.25, 0.3) is 0 Å². The highest BCUT2D eigenvalue weighted by Gasteiger charge is 2.36. The molecule has 2 heterocycles. The summed E-state index contributed by atoms with van der Waals surface area (Å²) in [7, 11) is 0. The Hall–Kier alpha value is -0.450. The predicted octanol–water partition coefficient (Wildman–Crippen LogP) is 2.28. The summed E-state index contributed by atoms with van der Waals surface area (Å²) in [5, 5.41) is 0. The fraction of sp³-hybridized carbons (Fsp3) is 0.583. The van der Waals surface area contributed by atoms with E-state index in [9.17, 15) is 0 Å².